The van der Waals surface area contributed by atoms with Crippen molar-refractivity contribution in [1.82, 2.24) is 10.2 Å². The fraction of sp³-hybridized carbons (Fsp3) is 0.846. The van der Waals surface area contributed by atoms with Crippen molar-refractivity contribution in [2.45, 2.75) is 51.5 Å². The van der Waals surface area contributed by atoms with Crippen LogP contribution in [0.15, 0.2) is 0 Å². The molecule has 0 aromatic carbocycles. The van der Waals surface area contributed by atoms with Crippen LogP contribution >= 0.6 is 0 Å². The highest BCUT2D eigenvalue weighted by Crippen LogP contribution is 2.35. The van der Waals surface area contributed by atoms with E-state index in [4.69, 9.17) is 5.11 Å². The van der Waals surface area contributed by atoms with E-state index in [1.54, 1.807) is 11.9 Å². The van der Waals surface area contributed by atoms with Crippen LogP contribution < -0.4 is 5.32 Å². The Morgan fingerprint density at radius 3 is 2.39 bits per heavy atom. The summed E-state index contributed by atoms with van der Waals surface area (Å²) >= 11 is 0. The Balaban J connectivity index is 2.44. The van der Waals surface area contributed by atoms with Crippen molar-refractivity contribution >= 4 is 12.0 Å². The van der Waals surface area contributed by atoms with Crippen LogP contribution in [0.1, 0.15) is 46.0 Å². The van der Waals surface area contributed by atoms with Gasteiger partial charge in [0.15, 0.2) is 0 Å². The van der Waals surface area contributed by atoms with Crippen molar-refractivity contribution in [3.05, 3.63) is 0 Å². The van der Waals surface area contributed by atoms with Crippen LogP contribution in [0.3, 0.4) is 0 Å². The van der Waals surface area contributed by atoms with E-state index >= 15 is 0 Å². The van der Waals surface area contributed by atoms with Crippen molar-refractivity contribution in [3.63, 3.8) is 0 Å². The molecule has 0 aromatic heterocycles. The minimum atomic E-state index is -0.847. The molecule has 0 atom stereocenters. The number of aliphatic carboxylic acids is 1. The van der Waals surface area contributed by atoms with Gasteiger partial charge in [-0.3, -0.25) is 4.79 Å². The van der Waals surface area contributed by atoms with Gasteiger partial charge in [0.25, 0.3) is 0 Å². The molecule has 2 amide bonds. The highest BCUT2D eigenvalue weighted by Gasteiger charge is 2.40. The second-order valence-electron chi connectivity index (χ2n) is 5.74. The Bertz CT molecular complexity index is 311. The number of nitrogens with zero attached hydrogens (tertiary/aromatic N) is 1. The molecule has 1 fully saturated rings. The van der Waals surface area contributed by atoms with E-state index < -0.39 is 11.5 Å². The summed E-state index contributed by atoms with van der Waals surface area (Å²) in [6, 6.07) is -0.156. The first kappa shape index (κ1) is 14.8. The van der Waals surface area contributed by atoms with Crippen LogP contribution in [0.2, 0.25) is 0 Å². The van der Waals surface area contributed by atoms with Crippen LogP contribution in [0.4, 0.5) is 4.79 Å². The number of carboxylic acid groups (broad SMARTS) is 1. The molecule has 0 unspecified atom stereocenters. The van der Waals surface area contributed by atoms with Gasteiger partial charge in [-0.2, -0.15) is 0 Å². The maximum Gasteiger partial charge on any atom is 0.317 e. The number of hydrogen-bond acceptors (Lipinski definition) is 2. The van der Waals surface area contributed by atoms with Gasteiger partial charge in [0.2, 0.25) is 0 Å². The number of carbonyl (C=O) groups is 2. The third kappa shape index (κ3) is 4.20. The van der Waals surface area contributed by atoms with Crippen molar-refractivity contribution in [3.8, 4) is 0 Å². The average Bonchev–Trinajstić information content (AvgIpc) is 2.21. The van der Waals surface area contributed by atoms with Crippen LogP contribution in [-0.2, 0) is 4.79 Å². The SMILES string of the molecule is CC(C)CCN(C)C(=O)NC1(CC(=O)O)CCC1. The minimum absolute atomic E-state index is 0.0246. The summed E-state index contributed by atoms with van der Waals surface area (Å²) < 4.78 is 0. The predicted octanol–water partition coefficient (Wildman–Crippen LogP) is 2.07. The monoisotopic (exact) mass is 256 g/mol. The van der Waals surface area contributed by atoms with E-state index in [2.05, 4.69) is 19.2 Å². The van der Waals surface area contributed by atoms with E-state index in [1.807, 2.05) is 0 Å². The lowest BCUT2D eigenvalue weighted by atomic mass is 9.74. The molecule has 0 heterocycles. The van der Waals surface area contributed by atoms with Gasteiger partial charge in [0, 0.05) is 13.6 Å². The molecular weight excluding hydrogens is 232 g/mol. The molecule has 5 nitrogen and oxygen atoms in total. The van der Waals surface area contributed by atoms with Gasteiger partial charge in [0.1, 0.15) is 0 Å². The summed E-state index contributed by atoms with van der Waals surface area (Å²) in [6.07, 6.45) is 3.50. The van der Waals surface area contributed by atoms with Gasteiger partial charge < -0.3 is 15.3 Å². The van der Waals surface area contributed by atoms with Crippen LogP contribution in [-0.4, -0.2) is 41.1 Å². The lowest BCUT2D eigenvalue weighted by Crippen LogP contribution is -2.57. The molecule has 0 aliphatic heterocycles. The Morgan fingerprint density at radius 1 is 1.39 bits per heavy atom. The molecule has 1 aliphatic rings. The van der Waals surface area contributed by atoms with Gasteiger partial charge in [-0.15, -0.1) is 0 Å². The Labute approximate surface area is 109 Å². The largest absolute Gasteiger partial charge is 0.481 e. The predicted molar refractivity (Wildman–Crippen MR) is 69.5 cm³/mol. The van der Waals surface area contributed by atoms with Crippen LogP contribution in [0, 0.1) is 5.92 Å². The molecule has 2 N–H and O–H groups in total. The standard InChI is InChI=1S/C13H24N2O3/c1-10(2)5-8-15(3)12(18)14-13(6-4-7-13)9-11(16)17/h10H,4-9H2,1-3H3,(H,14,18)(H,16,17). The molecule has 5 heteroatoms. The first-order chi connectivity index (χ1) is 8.34. The maximum atomic E-state index is 12.0. The van der Waals surface area contributed by atoms with E-state index in [-0.39, 0.29) is 12.5 Å². The van der Waals surface area contributed by atoms with E-state index in [0.29, 0.717) is 12.5 Å². The van der Waals surface area contributed by atoms with Gasteiger partial charge in [-0.25, -0.2) is 4.79 Å². The van der Waals surface area contributed by atoms with Crippen molar-refractivity contribution in [2.75, 3.05) is 13.6 Å². The second-order valence-corrected chi connectivity index (χ2v) is 5.74. The minimum Gasteiger partial charge on any atom is -0.481 e. The molecule has 0 bridgehead atoms. The molecule has 0 saturated heterocycles. The van der Waals surface area contributed by atoms with Crippen LogP contribution in [0.25, 0.3) is 0 Å². The number of carboxylic acids is 1. The molecule has 0 spiro atoms. The van der Waals surface area contributed by atoms with Gasteiger partial charge in [0.05, 0.1) is 12.0 Å². The molecular formula is C13H24N2O3. The van der Waals surface area contributed by atoms with Gasteiger partial charge in [-0.1, -0.05) is 13.8 Å². The zero-order valence-corrected chi connectivity index (χ0v) is 11.5. The highest BCUT2D eigenvalue weighted by atomic mass is 16.4. The van der Waals surface area contributed by atoms with Gasteiger partial charge >= 0.3 is 12.0 Å². The third-order valence-electron chi connectivity index (χ3n) is 3.56. The second kappa shape index (κ2) is 6.07. The Kier molecular flexibility index (Phi) is 4.99. The number of hydrogen-bond donors (Lipinski definition) is 2. The third-order valence-corrected chi connectivity index (χ3v) is 3.56. The Morgan fingerprint density at radius 2 is 2.00 bits per heavy atom. The molecule has 104 valence electrons. The number of carbonyl (C=O) groups excluding carboxylic acids is 1. The lowest BCUT2D eigenvalue weighted by molar-refractivity contribution is -0.139. The van der Waals surface area contributed by atoms with E-state index in [0.717, 1.165) is 25.7 Å². The average molecular weight is 256 g/mol. The fourth-order valence-electron chi connectivity index (χ4n) is 2.11. The fourth-order valence-corrected chi connectivity index (χ4v) is 2.11. The molecule has 0 aromatic rings. The summed E-state index contributed by atoms with van der Waals surface area (Å²) in [5, 5.41) is 11.8. The maximum absolute atomic E-state index is 12.0. The van der Waals surface area contributed by atoms with Crippen molar-refractivity contribution in [2.24, 2.45) is 5.92 Å². The molecule has 0 radical (unpaired) electrons. The first-order valence-electron chi connectivity index (χ1n) is 6.60. The quantitative estimate of drug-likeness (QED) is 0.764. The highest BCUT2D eigenvalue weighted by molar-refractivity contribution is 5.77. The van der Waals surface area contributed by atoms with Crippen LogP contribution in [0.5, 0.6) is 0 Å². The van der Waals surface area contributed by atoms with Gasteiger partial charge in [-0.05, 0) is 31.6 Å². The van der Waals surface area contributed by atoms with Crippen molar-refractivity contribution < 1.29 is 14.7 Å². The normalized spacial score (nSPS) is 17.1. The molecule has 1 aliphatic carbocycles. The number of amides is 2. The summed E-state index contributed by atoms with van der Waals surface area (Å²) in [4.78, 5) is 24.4. The summed E-state index contributed by atoms with van der Waals surface area (Å²) in [5.41, 5.74) is -0.505. The Hall–Kier alpha value is -1.26. The lowest BCUT2D eigenvalue weighted by Gasteiger charge is -2.42. The number of rotatable bonds is 6. The number of nitrogens with one attached hydrogen (secondary N) is 1. The topological polar surface area (TPSA) is 69.6 Å². The summed E-state index contributed by atoms with van der Waals surface area (Å²) in [5.74, 6) is -0.295. The van der Waals surface area contributed by atoms with E-state index in [1.165, 1.54) is 0 Å². The summed E-state index contributed by atoms with van der Waals surface area (Å²) in [7, 11) is 1.75. The zero-order valence-electron chi connectivity index (χ0n) is 11.5. The molecule has 18 heavy (non-hydrogen) atoms. The molecule has 1 rings (SSSR count). The van der Waals surface area contributed by atoms with Crippen molar-refractivity contribution in [1.29, 1.82) is 0 Å². The number of urea groups is 1. The zero-order chi connectivity index (χ0) is 13.8. The summed E-state index contributed by atoms with van der Waals surface area (Å²) in [6.45, 7) is 4.93. The first-order valence-corrected chi connectivity index (χ1v) is 6.60. The van der Waals surface area contributed by atoms with E-state index in [9.17, 15) is 9.59 Å². The molecule has 1 saturated carbocycles. The smallest absolute Gasteiger partial charge is 0.317 e.